The third kappa shape index (κ3) is 4.97. The van der Waals surface area contributed by atoms with Gasteiger partial charge in [-0.05, 0) is 62.2 Å². The first kappa shape index (κ1) is 20.7. The Morgan fingerprint density at radius 3 is 2.68 bits per heavy atom. The van der Waals surface area contributed by atoms with Gasteiger partial charge in [0, 0.05) is 29.9 Å². The van der Waals surface area contributed by atoms with E-state index in [1.807, 2.05) is 24.3 Å². The Bertz CT molecular complexity index is 1080. The molecule has 0 radical (unpaired) electrons. The predicted octanol–water partition coefficient (Wildman–Crippen LogP) is 2.99. The van der Waals surface area contributed by atoms with Crippen molar-refractivity contribution in [2.45, 2.75) is 26.3 Å². The van der Waals surface area contributed by atoms with Crippen LogP contribution in [0.3, 0.4) is 0 Å². The number of amides is 2. The van der Waals surface area contributed by atoms with Crippen molar-refractivity contribution in [2.75, 3.05) is 18.4 Å². The lowest BCUT2D eigenvalue weighted by atomic mass is 9.97. The molecule has 1 atom stereocenters. The highest BCUT2D eigenvalue weighted by Gasteiger charge is 2.24. The van der Waals surface area contributed by atoms with Crippen LogP contribution in [0, 0.1) is 12.8 Å². The van der Waals surface area contributed by atoms with Crippen LogP contribution in [0.1, 0.15) is 34.6 Å². The fourth-order valence-electron chi connectivity index (χ4n) is 3.83. The smallest absolute Gasteiger partial charge is 0.257 e. The molecule has 2 aromatic carbocycles. The van der Waals surface area contributed by atoms with Gasteiger partial charge < -0.3 is 15.6 Å². The number of likely N-dealkylation sites (tertiary alicyclic amines) is 1. The molecule has 1 aliphatic heterocycles. The van der Waals surface area contributed by atoms with Gasteiger partial charge in [-0.1, -0.05) is 23.4 Å². The van der Waals surface area contributed by atoms with Gasteiger partial charge in [0.15, 0.2) is 5.82 Å². The molecular formula is C23H25N5O3. The largest absolute Gasteiger partial charge is 0.369 e. The molecule has 3 N–H and O–H groups in total. The zero-order chi connectivity index (χ0) is 21.8. The first-order valence-corrected chi connectivity index (χ1v) is 10.3. The Morgan fingerprint density at radius 1 is 1.19 bits per heavy atom. The number of para-hydroxylation sites is 1. The topological polar surface area (TPSA) is 114 Å². The molecule has 0 saturated carbocycles. The van der Waals surface area contributed by atoms with Gasteiger partial charge in [-0.2, -0.15) is 4.98 Å². The first-order chi connectivity index (χ1) is 15.0. The van der Waals surface area contributed by atoms with Crippen LogP contribution in [0.4, 0.5) is 5.69 Å². The maximum Gasteiger partial charge on any atom is 0.257 e. The van der Waals surface area contributed by atoms with Crippen molar-refractivity contribution in [2.24, 2.45) is 11.7 Å². The Hall–Kier alpha value is -3.52. The second kappa shape index (κ2) is 9.09. The number of primary amides is 1. The van der Waals surface area contributed by atoms with Crippen molar-refractivity contribution in [3.05, 3.63) is 65.5 Å². The maximum absolute atomic E-state index is 12.8. The second-order valence-corrected chi connectivity index (χ2v) is 7.81. The number of rotatable bonds is 6. The van der Waals surface area contributed by atoms with E-state index in [-0.39, 0.29) is 17.7 Å². The van der Waals surface area contributed by atoms with E-state index in [0.717, 1.165) is 36.2 Å². The molecule has 160 valence electrons. The van der Waals surface area contributed by atoms with Crippen LogP contribution >= 0.6 is 0 Å². The lowest BCUT2D eigenvalue weighted by Crippen LogP contribution is -2.40. The van der Waals surface area contributed by atoms with E-state index in [2.05, 4.69) is 20.4 Å². The third-order valence-electron chi connectivity index (χ3n) is 5.49. The summed E-state index contributed by atoms with van der Waals surface area (Å²) in [6.45, 7) is 3.96. The number of hydrogen-bond acceptors (Lipinski definition) is 6. The molecule has 0 aliphatic carbocycles. The van der Waals surface area contributed by atoms with Crippen molar-refractivity contribution in [1.82, 2.24) is 15.0 Å². The molecule has 0 spiro atoms. The summed E-state index contributed by atoms with van der Waals surface area (Å²) >= 11 is 0. The molecule has 1 aliphatic rings. The summed E-state index contributed by atoms with van der Waals surface area (Å²) in [5, 5.41) is 6.79. The highest BCUT2D eigenvalue weighted by Crippen LogP contribution is 2.23. The molecular weight excluding hydrogens is 394 g/mol. The first-order valence-electron chi connectivity index (χ1n) is 10.3. The number of anilines is 1. The van der Waals surface area contributed by atoms with Gasteiger partial charge in [-0.15, -0.1) is 0 Å². The van der Waals surface area contributed by atoms with E-state index in [1.165, 1.54) is 0 Å². The summed E-state index contributed by atoms with van der Waals surface area (Å²) < 4.78 is 5.16. The summed E-state index contributed by atoms with van der Waals surface area (Å²) in [4.78, 5) is 30.8. The minimum absolute atomic E-state index is 0.114. The fourth-order valence-corrected chi connectivity index (χ4v) is 3.83. The number of nitrogens with one attached hydrogen (secondary N) is 1. The van der Waals surface area contributed by atoms with E-state index in [0.29, 0.717) is 30.4 Å². The highest BCUT2D eigenvalue weighted by atomic mass is 16.5. The molecule has 2 heterocycles. The number of carbonyl (C=O) groups excluding carboxylic acids is 2. The second-order valence-electron chi connectivity index (χ2n) is 7.81. The minimum Gasteiger partial charge on any atom is -0.369 e. The minimum atomic E-state index is -0.245. The zero-order valence-electron chi connectivity index (χ0n) is 17.4. The summed E-state index contributed by atoms with van der Waals surface area (Å²) in [5.74, 6) is 0.423. The summed E-state index contributed by atoms with van der Waals surface area (Å²) in [7, 11) is 0. The Balaban J connectivity index is 1.44. The van der Waals surface area contributed by atoms with E-state index in [1.54, 1.807) is 31.2 Å². The number of aryl methyl sites for hydroxylation is 1. The Labute approximate surface area is 180 Å². The van der Waals surface area contributed by atoms with E-state index in [9.17, 15) is 9.59 Å². The molecule has 1 unspecified atom stereocenters. The average Bonchev–Trinajstić information content (AvgIpc) is 3.21. The van der Waals surface area contributed by atoms with Gasteiger partial charge >= 0.3 is 0 Å². The zero-order valence-corrected chi connectivity index (χ0v) is 17.4. The fraction of sp³-hybridized carbons (Fsp3) is 0.304. The molecule has 3 aromatic rings. The molecule has 1 aromatic heterocycles. The molecule has 8 nitrogen and oxygen atoms in total. The van der Waals surface area contributed by atoms with Crippen LogP contribution < -0.4 is 11.1 Å². The van der Waals surface area contributed by atoms with Gasteiger partial charge in [-0.25, -0.2) is 0 Å². The Kier molecular flexibility index (Phi) is 6.08. The van der Waals surface area contributed by atoms with E-state index in [4.69, 9.17) is 10.3 Å². The van der Waals surface area contributed by atoms with E-state index >= 15 is 0 Å². The third-order valence-corrected chi connectivity index (χ3v) is 5.49. The SMILES string of the molecule is Cc1noc(-c2ccc(C(=O)Nc3ccccc3CN3CCCC(C(N)=O)C3)cc2)n1. The van der Waals surface area contributed by atoms with Gasteiger partial charge in [0.05, 0.1) is 5.92 Å². The summed E-state index contributed by atoms with van der Waals surface area (Å²) in [5.41, 5.74) is 8.54. The van der Waals surface area contributed by atoms with Crippen LogP contribution in [0.25, 0.3) is 11.5 Å². The standard InChI is InChI=1S/C23H25N5O3/c1-15-25-23(31-27-15)17-10-8-16(9-11-17)22(30)26-20-7-3-2-5-18(20)13-28-12-4-6-19(14-28)21(24)29/h2-3,5,7-11,19H,4,6,12-14H2,1H3,(H2,24,29)(H,26,30). The van der Waals surface area contributed by atoms with E-state index < -0.39 is 0 Å². The molecule has 1 saturated heterocycles. The molecule has 8 heteroatoms. The quantitative estimate of drug-likeness (QED) is 0.635. The lowest BCUT2D eigenvalue weighted by molar-refractivity contribution is -0.123. The van der Waals surface area contributed by atoms with Gasteiger partial charge in [0.2, 0.25) is 5.91 Å². The molecule has 0 bridgehead atoms. The lowest BCUT2D eigenvalue weighted by Gasteiger charge is -2.31. The van der Waals surface area contributed by atoms with Gasteiger partial charge in [0.1, 0.15) is 0 Å². The number of carbonyl (C=O) groups is 2. The van der Waals surface area contributed by atoms with Crippen molar-refractivity contribution in [3.8, 4) is 11.5 Å². The van der Waals surface area contributed by atoms with Gasteiger partial charge in [-0.3, -0.25) is 14.5 Å². The number of nitrogens with two attached hydrogens (primary N) is 1. The van der Waals surface area contributed by atoms with Crippen molar-refractivity contribution in [1.29, 1.82) is 0 Å². The molecule has 2 amide bonds. The number of aromatic nitrogens is 2. The number of benzene rings is 2. The highest BCUT2D eigenvalue weighted by molar-refractivity contribution is 6.04. The van der Waals surface area contributed by atoms with Crippen LogP contribution in [-0.2, 0) is 11.3 Å². The van der Waals surface area contributed by atoms with Crippen LogP contribution in [0.5, 0.6) is 0 Å². The monoisotopic (exact) mass is 419 g/mol. The number of nitrogens with zero attached hydrogens (tertiary/aromatic N) is 3. The van der Waals surface area contributed by atoms with Crippen LogP contribution in [0.2, 0.25) is 0 Å². The normalized spacial score (nSPS) is 16.7. The van der Waals surface area contributed by atoms with Crippen molar-refractivity contribution < 1.29 is 14.1 Å². The summed E-state index contributed by atoms with van der Waals surface area (Å²) in [6, 6.07) is 14.7. The predicted molar refractivity (Wildman–Crippen MR) is 116 cm³/mol. The number of hydrogen-bond donors (Lipinski definition) is 2. The molecule has 1 fully saturated rings. The molecule has 4 rings (SSSR count). The molecule has 31 heavy (non-hydrogen) atoms. The average molecular weight is 419 g/mol. The Morgan fingerprint density at radius 2 is 1.97 bits per heavy atom. The number of piperidine rings is 1. The maximum atomic E-state index is 12.8. The van der Waals surface area contributed by atoms with Crippen molar-refractivity contribution >= 4 is 17.5 Å². The van der Waals surface area contributed by atoms with Crippen LogP contribution in [0.15, 0.2) is 53.1 Å². The summed E-state index contributed by atoms with van der Waals surface area (Å²) in [6.07, 6.45) is 1.78. The van der Waals surface area contributed by atoms with Crippen LogP contribution in [-0.4, -0.2) is 39.9 Å². The van der Waals surface area contributed by atoms with Crippen molar-refractivity contribution in [3.63, 3.8) is 0 Å². The van der Waals surface area contributed by atoms with Gasteiger partial charge in [0.25, 0.3) is 11.8 Å².